The number of benzene rings is 2. The molecule has 0 aliphatic carbocycles. The van der Waals surface area contributed by atoms with Gasteiger partial charge in [0.1, 0.15) is 0 Å². The van der Waals surface area contributed by atoms with Gasteiger partial charge in [0.2, 0.25) is 0 Å². The molecule has 2 rings (SSSR count). The molecule has 0 saturated heterocycles. The van der Waals surface area contributed by atoms with Gasteiger partial charge < -0.3 is 0 Å². The molecule has 0 unspecified atom stereocenters. The minimum Gasteiger partial charge on any atom is -0.0881 e. The van der Waals surface area contributed by atoms with Crippen molar-refractivity contribution in [3.63, 3.8) is 0 Å². The summed E-state index contributed by atoms with van der Waals surface area (Å²) in [5.41, 5.74) is 4.37. The fraction of sp³-hybridized carbons (Fsp3) is 0.167. The van der Waals surface area contributed by atoms with E-state index in [1.54, 1.807) is 0 Å². The molecule has 126 valence electrons. The molecule has 0 aliphatic heterocycles. The molecule has 0 nitrogen and oxygen atoms in total. The lowest BCUT2D eigenvalue weighted by Crippen LogP contribution is -1.83. The van der Waals surface area contributed by atoms with E-state index in [1.807, 2.05) is 36.4 Å². The number of unbranched alkanes of at least 4 members (excludes halogenated alkanes) is 1. The van der Waals surface area contributed by atoms with Crippen LogP contribution in [0.2, 0.25) is 0 Å². The molecule has 0 aromatic heterocycles. The van der Waals surface area contributed by atoms with Gasteiger partial charge in [0.25, 0.3) is 0 Å². The molecule has 0 spiro atoms. The van der Waals surface area contributed by atoms with Gasteiger partial charge in [-0.05, 0) is 46.9 Å². The molecule has 0 heterocycles. The zero-order valence-electron chi connectivity index (χ0n) is 14.2. The van der Waals surface area contributed by atoms with Crippen LogP contribution in [-0.4, -0.2) is 0 Å². The maximum Gasteiger partial charge on any atom is 0.0296 e. The Bertz CT molecular complexity index is 903. The predicted octanol–water partition coefficient (Wildman–Crippen LogP) is 5.67. The van der Waals surface area contributed by atoms with E-state index in [4.69, 9.17) is 0 Å². The van der Waals surface area contributed by atoms with Crippen molar-refractivity contribution in [1.29, 1.82) is 0 Å². The largest absolute Gasteiger partial charge is 0.0881 e. The van der Waals surface area contributed by atoms with Crippen molar-refractivity contribution >= 4 is 31.9 Å². The van der Waals surface area contributed by atoms with Gasteiger partial charge in [-0.3, -0.25) is 0 Å². The lowest BCUT2D eigenvalue weighted by atomic mass is 10.1. The molecular formula is C24H16Br2. The molecule has 0 radical (unpaired) electrons. The molecule has 2 aromatic rings. The van der Waals surface area contributed by atoms with E-state index in [-0.39, 0.29) is 0 Å². The Hall–Kier alpha value is -2.36. The van der Waals surface area contributed by atoms with Gasteiger partial charge in [-0.1, -0.05) is 91.9 Å². The summed E-state index contributed by atoms with van der Waals surface area (Å²) in [4.78, 5) is 0. The highest BCUT2D eigenvalue weighted by molar-refractivity contribution is 9.08. The summed E-state index contributed by atoms with van der Waals surface area (Å²) < 4.78 is 0. The van der Waals surface area contributed by atoms with Gasteiger partial charge in [-0.25, -0.2) is 0 Å². The Labute approximate surface area is 173 Å². The minimum absolute atomic E-state index is 0.696. The maximum atomic E-state index is 3.46. The fourth-order valence-electron chi connectivity index (χ4n) is 2.05. The monoisotopic (exact) mass is 462 g/mol. The van der Waals surface area contributed by atoms with Crippen LogP contribution in [0.4, 0.5) is 0 Å². The van der Waals surface area contributed by atoms with Crippen molar-refractivity contribution in [1.82, 2.24) is 0 Å². The molecular weight excluding hydrogens is 448 g/mol. The van der Waals surface area contributed by atoms with Gasteiger partial charge in [-0.15, -0.1) is 0 Å². The Morgan fingerprint density at radius 3 is 1.42 bits per heavy atom. The third kappa shape index (κ3) is 6.87. The molecule has 0 N–H and O–H groups in total. The van der Waals surface area contributed by atoms with E-state index in [0.29, 0.717) is 12.8 Å². The summed E-state index contributed by atoms with van der Waals surface area (Å²) in [6.45, 7) is 0. The zero-order valence-corrected chi connectivity index (χ0v) is 17.4. The van der Waals surface area contributed by atoms with Crippen LogP contribution in [-0.2, 0) is 10.7 Å². The third-order valence-corrected chi connectivity index (χ3v) is 4.60. The molecule has 26 heavy (non-hydrogen) atoms. The van der Waals surface area contributed by atoms with Crippen molar-refractivity contribution in [2.45, 2.75) is 23.5 Å². The van der Waals surface area contributed by atoms with Crippen LogP contribution >= 0.6 is 31.9 Å². The van der Waals surface area contributed by atoms with Crippen LogP contribution in [0, 0.1) is 47.4 Å². The highest BCUT2D eigenvalue weighted by Gasteiger charge is 1.95. The first-order chi connectivity index (χ1) is 12.8. The zero-order chi connectivity index (χ0) is 18.5. The van der Waals surface area contributed by atoms with Crippen LogP contribution in [0.3, 0.4) is 0 Å². The van der Waals surface area contributed by atoms with Crippen LogP contribution in [0.5, 0.6) is 0 Å². The average Bonchev–Trinajstić information content (AvgIpc) is 2.70. The van der Waals surface area contributed by atoms with Gasteiger partial charge >= 0.3 is 0 Å². The second kappa shape index (κ2) is 12.1. The number of rotatable bonds is 3. The summed E-state index contributed by atoms with van der Waals surface area (Å²) in [7, 11) is 0. The normalized spacial score (nSPS) is 8.54. The lowest BCUT2D eigenvalue weighted by molar-refractivity contribution is 1.12. The molecule has 0 amide bonds. The summed E-state index contributed by atoms with van der Waals surface area (Å²) >= 11 is 6.93. The van der Waals surface area contributed by atoms with Crippen molar-refractivity contribution in [2.24, 2.45) is 0 Å². The Balaban J connectivity index is 1.83. The molecule has 0 saturated carbocycles. The topological polar surface area (TPSA) is 0 Å². The van der Waals surface area contributed by atoms with Crippen molar-refractivity contribution in [3.8, 4) is 47.4 Å². The number of alkyl halides is 2. The third-order valence-electron chi connectivity index (χ3n) is 3.39. The Morgan fingerprint density at radius 1 is 0.577 bits per heavy atom. The van der Waals surface area contributed by atoms with Crippen LogP contribution in [0.25, 0.3) is 0 Å². The first-order valence-electron chi connectivity index (χ1n) is 8.10. The van der Waals surface area contributed by atoms with E-state index in [1.165, 1.54) is 11.1 Å². The lowest BCUT2D eigenvalue weighted by Gasteiger charge is -1.97. The smallest absolute Gasteiger partial charge is 0.0296 e. The number of hydrogen-bond acceptors (Lipinski definition) is 0. The number of halogens is 2. The molecule has 0 atom stereocenters. The highest BCUT2D eigenvalue weighted by atomic mass is 79.9. The standard InChI is InChI=1S/C24H16Br2/c25-19-23-17-11-9-15-21(23)13-7-5-3-1-2-4-6-8-14-22-16-10-12-18-24(22)20-26/h9-12,15-18H,1-2,19-20H2. The maximum absolute atomic E-state index is 3.46. The summed E-state index contributed by atoms with van der Waals surface area (Å²) in [5, 5.41) is 1.59. The van der Waals surface area contributed by atoms with E-state index in [0.717, 1.165) is 21.8 Å². The predicted molar refractivity (Wildman–Crippen MR) is 117 cm³/mol. The van der Waals surface area contributed by atoms with Gasteiger partial charge in [-0.2, -0.15) is 0 Å². The first-order valence-corrected chi connectivity index (χ1v) is 10.3. The molecule has 0 aliphatic rings. The molecule has 2 heteroatoms. The summed E-state index contributed by atoms with van der Waals surface area (Å²) in [6.07, 6.45) is 1.39. The first kappa shape index (κ1) is 20.0. The second-order valence-electron chi connectivity index (χ2n) is 5.19. The summed E-state index contributed by atoms with van der Waals surface area (Å²) in [5.74, 6) is 23.8. The van der Waals surface area contributed by atoms with Crippen molar-refractivity contribution in [3.05, 3.63) is 70.8 Å². The van der Waals surface area contributed by atoms with Crippen molar-refractivity contribution in [2.75, 3.05) is 0 Å². The molecule has 0 bridgehead atoms. The highest BCUT2D eigenvalue weighted by Crippen LogP contribution is 2.11. The second-order valence-corrected chi connectivity index (χ2v) is 6.31. The van der Waals surface area contributed by atoms with Crippen LogP contribution in [0.15, 0.2) is 48.5 Å². The SMILES string of the molecule is BrCc1ccccc1C#CC#CCCC#CC#Cc1ccccc1CBr. The molecule has 2 aromatic carbocycles. The summed E-state index contributed by atoms with van der Waals surface area (Å²) in [6, 6.07) is 16.1. The Morgan fingerprint density at radius 2 is 1.00 bits per heavy atom. The van der Waals surface area contributed by atoms with Gasteiger partial charge in [0.05, 0.1) is 0 Å². The van der Waals surface area contributed by atoms with Crippen LogP contribution < -0.4 is 0 Å². The molecule has 0 fully saturated rings. The Kier molecular flexibility index (Phi) is 9.26. The van der Waals surface area contributed by atoms with Gasteiger partial charge in [0.15, 0.2) is 0 Å². The van der Waals surface area contributed by atoms with E-state index < -0.39 is 0 Å². The van der Waals surface area contributed by atoms with E-state index in [2.05, 4.69) is 91.4 Å². The fourth-order valence-corrected chi connectivity index (χ4v) is 3.03. The number of hydrogen-bond donors (Lipinski definition) is 0. The van der Waals surface area contributed by atoms with Crippen molar-refractivity contribution < 1.29 is 0 Å². The quantitative estimate of drug-likeness (QED) is 0.312. The van der Waals surface area contributed by atoms with E-state index >= 15 is 0 Å². The minimum atomic E-state index is 0.696. The van der Waals surface area contributed by atoms with E-state index in [9.17, 15) is 0 Å². The van der Waals surface area contributed by atoms with Crippen LogP contribution in [0.1, 0.15) is 35.1 Å². The average molecular weight is 464 g/mol. The van der Waals surface area contributed by atoms with Gasteiger partial charge in [0, 0.05) is 34.6 Å².